The minimum Gasteiger partial charge on any atom is -0.507 e. The van der Waals surface area contributed by atoms with Crippen molar-refractivity contribution in [3.63, 3.8) is 0 Å². The van der Waals surface area contributed by atoms with Crippen molar-refractivity contribution in [3.8, 4) is 11.5 Å². The number of hydrogen-bond donors (Lipinski definition) is 2. The SMILES string of the molecule is COc1ccc(O)c(C(=O)N2CCCC(C(C)N)C2)c1. The lowest BCUT2D eigenvalue weighted by Crippen LogP contribution is -2.45. The molecule has 0 radical (unpaired) electrons. The highest BCUT2D eigenvalue weighted by Gasteiger charge is 2.27. The first-order valence-electron chi connectivity index (χ1n) is 6.94. The number of ether oxygens (including phenoxy) is 1. The van der Waals surface area contributed by atoms with Gasteiger partial charge in [0.25, 0.3) is 5.91 Å². The number of nitrogens with zero attached hydrogens (tertiary/aromatic N) is 1. The number of piperidine rings is 1. The zero-order valence-corrected chi connectivity index (χ0v) is 12.0. The first-order chi connectivity index (χ1) is 9.52. The van der Waals surface area contributed by atoms with Gasteiger partial charge in [-0.1, -0.05) is 0 Å². The van der Waals surface area contributed by atoms with Crippen LogP contribution in [0.25, 0.3) is 0 Å². The van der Waals surface area contributed by atoms with E-state index in [2.05, 4.69) is 0 Å². The molecular weight excluding hydrogens is 256 g/mol. The first-order valence-corrected chi connectivity index (χ1v) is 6.94. The normalized spacial score (nSPS) is 20.6. The van der Waals surface area contributed by atoms with Crippen molar-refractivity contribution in [2.24, 2.45) is 11.7 Å². The van der Waals surface area contributed by atoms with Crippen LogP contribution in [0.5, 0.6) is 11.5 Å². The number of carbonyl (C=O) groups excluding carboxylic acids is 1. The Balaban J connectivity index is 2.18. The average molecular weight is 278 g/mol. The second-order valence-corrected chi connectivity index (χ2v) is 5.40. The minimum absolute atomic E-state index is 0.0151. The van der Waals surface area contributed by atoms with Crippen LogP contribution in [0.1, 0.15) is 30.1 Å². The molecule has 5 nitrogen and oxygen atoms in total. The van der Waals surface area contributed by atoms with E-state index in [9.17, 15) is 9.90 Å². The molecule has 1 aromatic carbocycles. The molecule has 1 fully saturated rings. The molecule has 1 aromatic rings. The van der Waals surface area contributed by atoms with Gasteiger partial charge in [-0.2, -0.15) is 0 Å². The molecule has 0 spiro atoms. The van der Waals surface area contributed by atoms with Gasteiger partial charge in [0.1, 0.15) is 11.5 Å². The highest BCUT2D eigenvalue weighted by molar-refractivity contribution is 5.97. The van der Waals surface area contributed by atoms with Gasteiger partial charge < -0.3 is 20.5 Å². The Morgan fingerprint density at radius 1 is 1.55 bits per heavy atom. The van der Waals surface area contributed by atoms with Gasteiger partial charge in [-0.25, -0.2) is 0 Å². The maximum absolute atomic E-state index is 12.5. The number of benzene rings is 1. The third kappa shape index (κ3) is 3.04. The molecule has 2 rings (SSSR count). The molecule has 1 amide bonds. The molecule has 2 unspecified atom stereocenters. The number of carbonyl (C=O) groups is 1. The summed E-state index contributed by atoms with van der Waals surface area (Å²) in [6.45, 7) is 3.33. The van der Waals surface area contributed by atoms with Crippen LogP contribution in [0.15, 0.2) is 18.2 Å². The minimum atomic E-state index is -0.160. The number of methoxy groups -OCH3 is 1. The Morgan fingerprint density at radius 2 is 2.30 bits per heavy atom. The lowest BCUT2D eigenvalue weighted by Gasteiger charge is -2.34. The summed E-state index contributed by atoms with van der Waals surface area (Å²) in [5.74, 6) is 0.706. The predicted molar refractivity (Wildman–Crippen MR) is 76.9 cm³/mol. The second kappa shape index (κ2) is 6.13. The molecular formula is C15H22N2O3. The number of nitrogens with two attached hydrogens (primary N) is 1. The molecule has 0 aliphatic carbocycles. The number of likely N-dealkylation sites (tertiary alicyclic amines) is 1. The Kier molecular flexibility index (Phi) is 4.49. The summed E-state index contributed by atoms with van der Waals surface area (Å²) >= 11 is 0. The lowest BCUT2D eigenvalue weighted by atomic mass is 9.92. The quantitative estimate of drug-likeness (QED) is 0.880. The van der Waals surface area contributed by atoms with Crippen LogP contribution >= 0.6 is 0 Å². The molecule has 1 saturated heterocycles. The topological polar surface area (TPSA) is 75.8 Å². The summed E-state index contributed by atoms with van der Waals surface area (Å²) in [5.41, 5.74) is 6.22. The number of aromatic hydroxyl groups is 1. The first kappa shape index (κ1) is 14.7. The van der Waals surface area contributed by atoms with E-state index in [0.29, 0.717) is 24.8 Å². The number of phenolic OH excluding ortho intramolecular Hbond substituents is 1. The van der Waals surface area contributed by atoms with Gasteiger partial charge in [0.15, 0.2) is 0 Å². The van der Waals surface area contributed by atoms with E-state index < -0.39 is 0 Å². The van der Waals surface area contributed by atoms with Gasteiger partial charge in [0.05, 0.1) is 12.7 Å². The molecule has 1 aliphatic heterocycles. The van der Waals surface area contributed by atoms with Gasteiger partial charge >= 0.3 is 0 Å². The van der Waals surface area contributed by atoms with Crippen LogP contribution in [0.2, 0.25) is 0 Å². The van der Waals surface area contributed by atoms with Crippen LogP contribution in [0, 0.1) is 5.92 Å². The van der Waals surface area contributed by atoms with Crippen LogP contribution < -0.4 is 10.5 Å². The van der Waals surface area contributed by atoms with Crippen molar-refractivity contribution >= 4 is 5.91 Å². The number of phenols is 1. The molecule has 0 aromatic heterocycles. The lowest BCUT2D eigenvalue weighted by molar-refractivity contribution is 0.0657. The highest BCUT2D eigenvalue weighted by atomic mass is 16.5. The highest BCUT2D eigenvalue weighted by Crippen LogP contribution is 2.27. The van der Waals surface area contributed by atoms with Gasteiger partial charge in [0, 0.05) is 19.1 Å². The van der Waals surface area contributed by atoms with Crippen molar-refractivity contribution < 1.29 is 14.6 Å². The average Bonchev–Trinajstić information content (AvgIpc) is 2.47. The van der Waals surface area contributed by atoms with Crippen molar-refractivity contribution in [1.29, 1.82) is 0 Å². The van der Waals surface area contributed by atoms with Crippen LogP contribution in [-0.4, -0.2) is 42.2 Å². The largest absolute Gasteiger partial charge is 0.507 e. The van der Waals surface area contributed by atoms with E-state index in [0.717, 1.165) is 12.8 Å². The van der Waals surface area contributed by atoms with Crippen molar-refractivity contribution in [1.82, 2.24) is 4.90 Å². The fourth-order valence-electron chi connectivity index (χ4n) is 2.61. The van der Waals surface area contributed by atoms with Crippen molar-refractivity contribution in [2.75, 3.05) is 20.2 Å². The fraction of sp³-hybridized carbons (Fsp3) is 0.533. The summed E-state index contributed by atoms with van der Waals surface area (Å²) in [5, 5.41) is 9.88. The van der Waals surface area contributed by atoms with Crippen molar-refractivity contribution in [2.45, 2.75) is 25.8 Å². The van der Waals surface area contributed by atoms with Gasteiger partial charge in [-0.05, 0) is 43.9 Å². The number of amides is 1. The van der Waals surface area contributed by atoms with E-state index in [4.69, 9.17) is 10.5 Å². The molecule has 2 atom stereocenters. The number of hydrogen-bond acceptors (Lipinski definition) is 4. The zero-order chi connectivity index (χ0) is 14.7. The molecule has 5 heteroatoms. The van der Waals surface area contributed by atoms with Gasteiger partial charge in [-0.3, -0.25) is 4.79 Å². The summed E-state index contributed by atoms with van der Waals surface area (Å²) < 4.78 is 5.10. The molecule has 0 saturated carbocycles. The standard InChI is InChI=1S/C15H22N2O3/c1-10(16)11-4-3-7-17(9-11)15(19)13-8-12(20-2)5-6-14(13)18/h5-6,8,10-11,18H,3-4,7,9,16H2,1-2H3. The predicted octanol–water partition coefficient (Wildman–Crippen LogP) is 1.60. The molecule has 20 heavy (non-hydrogen) atoms. The van der Waals surface area contributed by atoms with Crippen LogP contribution in [0.3, 0.4) is 0 Å². The smallest absolute Gasteiger partial charge is 0.257 e. The van der Waals surface area contributed by atoms with Crippen molar-refractivity contribution in [3.05, 3.63) is 23.8 Å². The monoisotopic (exact) mass is 278 g/mol. The van der Waals surface area contributed by atoms with E-state index >= 15 is 0 Å². The Bertz CT molecular complexity index is 488. The summed E-state index contributed by atoms with van der Waals surface area (Å²) in [6, 6.07) is 4.77. The Hall–Kier alpha value is -1.75. The fourth-order valence-corrected chi connectivity index (χ4v) is 2.61. The van der Waals surface area contributed by atoms with Crippen LogP contribution in [0.4, 0.5) is 0 Å². The molecule has 1 aliphatic rings. The molecule has 1 heterocycles. The van der Waals surface area contributed by atoms with E-state index in [1.54, 1.807) is 17.0 Å². The second-order valence-electron chi connectivity index (χ2n) is 5.40. The zero-order valence-electron chi connectivity index (χ0n) is 12.0. The Labute approximate surface area is 119 Å². The van der Waals surface area contributed by atoms with E-state index in [1.807, 2.05) is 6.92 Å². The molecule has 3 N–H and O–H groups in total. The van der Waals surface area contributed by atoms with Gasteiger partial charge in [-0.15, -0.1) is 0 Å². The maximum Gasteiger partial charge on any atom is 0.257 e. The number of rotatable bonds is 3. The van der Waals surface area contributed by atoms with E-state index in [1.165, 1.54) is 13.2 Å². The van der Waals surface area contributed by atoms with Gasteiger partial charge in [0.2, 0.25) is 0 Å². The molecule has 0 bridgehead atoms. The Morgan fingerprint density at radius 3 is 2.95 bits per heavy atom. The maximum atomic E-state index is 12.5. The third-order valence-electron chi connectivity index (χ3n) is 3.92. The summed E-state index contributed by atoms with van der Waals surface area (Å²) in [4.78, 5) is 14.3. The van der Waals surface area contributed by atoms with E-state index in [-0.39, 0.29) is 23.3 Å². The summed E-state index contributed by atoms with van der Waals surface area (Å²) in [6.07, 6.45) is 1.99. The summed E-state index contributed by atoms with van der Waals surface area (Å²) in [7, 11) is 1.54. The third-order valence-corrected chi connectivity index (χ3v) is 3.92. The van der Waals surface area contributed by atoms with Crippen LogP contribution in [-0.2, 0) is 0 Å². The molecule has 110 valence electrons.